The number of hydrogen-bond acceptors (Lipinski definition) is 5. The van der Waals surface area contributed by atoms with Gasteiger partial charge in [-0.2, -0.15) is 0 Å². The van der Waals surface area contributed by atoms with E-state index in [0.717, 1.165) is 36.5 Å². The van der Waals surface area contributed by atoms with Crippen LogP contribution in [0.15, 0.2) is 24.3 Å². The fourth-order valence-electron chi connectivity index (χ4n) is 2.54. The molecule has 1 N–H and O–H groups in total. The molecule has 0 bridgehead atoms. The molecular formula is C15H21ClN4O. The van der Waals surface area contributed by atoms with Gasteiger partial charge in [-0.15, -0.1) is 12.4 Å². The zero-order chi connectivity index (χ0) is 13.9. The fraction of sp³-hybridized carbons (Fsp3) is 0.467. The van der Waals surface area contributed by atoms with Crippen LogP contribution in [0.5, 0.6) is 5.88 Å². The van der Waals surface area contributed by atoms with Gasteiger partial charge in [0.25, 0.3) is 5.88 Å². The van der Waals surface area contributed by atoms with Gasteiger partial charge in [-0.05, 0) is 26.0 Å². The number of halogens is 1. The number of nitrogens with zero attached hydrogens (tertiary/aromatic N) is 3. The van der Waals surface area contributed by atoms with Gasteiger partial charge < -0.3 is 15.0 Å². The van der Waals surface area contributed by atoms with Crippen LogP contribution in [0.1, 0.15) is 13.8 Å². The van der Waals surface area contributed by atoms with Gasteiger partial charge in [-0.25, -0.2) is 9.97 Å². The topological polar surface area (TPSA) is 50.3 Å². The van der Waals surface area contributed by atoms with Crippen molar-refractivity contribution in [2.45, 2.75) is 19.9 Å². The SMILES string of the molecule is CCOc1nc2ccccc2nc1N1CCNC(C)C1.Cl. The van der Waals surface area contributed by atoms with Crippen molar-refractivity contribution >= 4 is 29.3 Å². The standard InChI is InChI=1S/C15H20N4O.ClH/c1-3-20-15-14(19-9-8-16-11(2)10-19)17-12-6-4-5-7-13(12)18-15;/h4-7,11,16H,3,8-10H2,1-2H3;1H. The first kappa shape index (κ1) is 15.8. The minimum absolute atomic E-state index is 0. The van der Waals surface area contributed by atoms with Gasteiger partial charge >= 0.3 is 0 Å². The molecule has 1 aliphatic heterocycles. The summed E-state index contributed by atoms with van der Waals surface area (Å²) in [6, 6.07) is 8.37. The number of fused-ring (bicyclic) bond motifs is 1. The Morgan fingerprint density at radius 1 is 1.29 bits per heavy atom. The van der Waals surface area contributed by atoms with E-state index in [2.05, 4.69) is 22.1 Å². The van der Waals surface area contributed by atoms with E-state index in [0.29, 0.717) is 18.5 Å². The molecule has 3 rings (SSSR count). The summed E-state index contributed by atoms with van der Waals surface area (Å²) in [5.74, 6) is 1.50. The highest BCUT2D eigenvalue weighted by Gasteiger charge is 2.21. The van der Waals surface area contributed by atoms with Crippen LogP contribution in [0.2, 0.25) is 0 Å². The summed E-state index contributed by atoms with van der Waals surface area (Å²) in [5, 5.41) is 3.44. The number of ether oxygens (including phenoxy) is 1. The molecule has 1 aromatic heterocycles. The van der Waals surface area contributed by atoms with E-state index in [9.17, 15) is 0 Å². The minimum atomic E-state index is 0. The van der Waals surface area contributed by atoms with Crippen LogP contribution in [-0.4, -0.2) is 42.3 Å². The fourth-order valence-corrected chi connectivity index (χ4v) is 2.54. The van der Waals surface area contributed by atoms with Crippen LogP contribution >= 0.6 is 12.4 Å². The van der Waals surface area contributed by atoms with E-state index in [-0.39, 0.29) is 12.4 Å². The van der Waals surface area contributed by atoms with Gasteiger partial charge in [0.2, 0.25) is 0 Å². The zero-order valence-corrected chi connectivity index (χ0v) is 13.2. The first-order valence-electron chi connectivity index (χ1n) is 7.16. The second-order valence-electron chi connectivity index (χ2n) is 5.08. The highest BCUT2D eigenvalue weighted by molar-refractivity contribution is 5.85. The van der Waals surface area contributed by atoms with Crippen molar-refractivity contribution in [3.05, 3.63) is 24.3 Å². The summed E-state index contributed by atoms with van der Waals surface area (Å²) in [7, 11) is 0. The van der Waals surface area contributed by atoms with Gasteiger partial charge in [-0.3, -0.25) is 0 Å². The largest absolute Gasteiger partial charge is 0.475 e. The van der Waals surface area contributed by atoms with Gasteiger partial charge in [0.15, 0.2) is 5.82 Å². The van der Waals surface area contributed by atoms with Crippen molar-refractivity contribution in [1.82, 2.24) is 15.3 Å². The van der Waals surface area contributed by atoms with Crippen molar-refractivity contribution < 1.29 is 4.74 Å². The molecule has 0 saturated carbocycles. The third-order valence-electron chi connectivity index (χ3n) is 3.47. The van der Waals surface area contributed by atoms with Crippen molar-refractivity contribution in [3.63, 3.8) is 0 Å². The molecule has 0 spiro atoms. The summed E-state index contributed by atoms with van der Waals surface area (Å²) < 4.78 is 5.70. The van der Waals surface area contributed by atoms with Gasteiger partial charge in [0.05, 0.1) is 17.6 Å². The number of hydrogen-bond donors (Lipinski definition) is 1. The number of piperazine rings is 1. The molecule has 1 fully saturated rings. The normalized spacial score (nSPS) is 18.4. The highest BCUT2D eigenvalue weighted by Crippen LogP contribution is 2.27. The van der Waals surface area contributed by atoms with E-state index < -0.39 is 0 Å². The van der Waals surface area contributed by atoms with E-state index in [1.165, 1.54) is 0 Å². The maximum Gasteiger partial charge on any atom is 0.258 e. The monoisotopic (exact) mass is 308 g/mol. The Balaban J connectivity index is 0.00000161. The molecule has 6 heteroatoms. The number of para-hydroxylation sites is 2. The molecule has 114 valence electrons. The Hall–Kier alpha value is -1.59. The molecule has 1 aliphatic rings. The Morgan fingerprint density at radius 3 is 2.67 bits per heavy atom. The molecule has 1 saturated heterocycles. The lowest BCUT2D eigenvalue weighted by Crippen LogP contribution is -2.49. The number of rotatable bonds is 3. The summed E-state index contributed by atoms with van der Waals surface area (Å²) >= 11 is 0. The maximum absolute atomic E-state index is 5.70. The maximum atomic E-state index is 5.70. The van der Waals surface area contributed by atoms with E-state index in [4.69, 9.17) is 9.72 Å². The Morgan fingerprint density at radius 2 is 2.00 bits per heavy atom. The van der Waals surface area contributed by atoms with E-state index in [1.807, 2.05) is 31.2 Å². The summed E-state index contributed by atoms with van der Waals surface area (Å²) in [6.45, 7) is 7.56. The number of aromatic nitrogens is 2. The Kier molecular flexibility index (Phi) is 5.20. The van der Waals surface area contributed by atoms with Crippen molar-refractivity contribution in [2.24, 2.45) is 0 Å². The molecule has 0 radical (unpaired) electrons. The van der Waals surface area contributed by atoms with Crippen molar-refractivity contribution in [1.29, 1.82) is 0 Å². The molecule has 0 amide bonds. The molecule has 5 nitrogen and oxygen atoms in total. The second kappa shape index (κ2) is 6.91. The van der Waals surface area contributed by atoms with Crippen LogP contribution in [0, 0.1) is 0 Å². The van der Waals surface area contributed by atoms with Crippen LogP contribution in [0.4, 0.5) is 5.82 Å². The average molecular weight is 309 g/mol. The summed E-state index contributed by atoms with van der Waals surface area (Å²) in [5.41, 5.74) is 1.79. The lowest BCUT2D eigenvalue weighted by molar-refractivity contribution is 0.325. The van der Waals surface area contributed by atoms with Gasteiger partial charge in [0.1, 0.15) is 0 Å². The predicted molar refractivity (Wildman–Crippen MR) is 87.6 cm³/mol. The van der Waals surface area contributed by atoms with Crippen LogP contribution in [0.25, 0.3) is 11.0 Å². The van der Waals surface area contributed by atoms with Crippen LogP contribution < -0.4 is 15.0 Å². The molecule has 1 atom stereocenters. The Bertz CT molecular complexity index is 607. The van der Waals surface area contributed by atoms with Gasteiger partial charge in [0, 0.05) is 25.7 Å². The number of anilines is 1. The summed E-state index contributed by atoms with van der Waals surface area (Å²) in [4.78, 5) is 11.6. The third kappa shape index (κ3) is 3.36. The molecule has 0 aliphatic carbocycles. The predicted octanol–water partition coefficient (Wildman–Crippen LogP) is 2.25. The summed E-state index contributed by atoms with van der Waals surface area (Å²) in [6.07, 6.45) is 0. The molecule has 2 heterocycles. The minimum Gasteiger partial charge on any atom is -0.475 e. The first-order chi connectivity index (χ1) is 9.78. The molecule has 1 aromatic carbocycles. The van der Waals surface area contributed by atoms with Crippen LogP contribution in [-0.2, 0) is 0 Å². The molecular weight excluding hydrogens is 288 g/mol. The molecule has 21 heavy (non-hydrogen) atoms. The second-order valence-corrected chi connectivity index (χ2v) is 5.08. The van der Waals surface area contributed by atoms with E-state index >= 15 is 0 Å². The van der Waals surface area contributed by atoms with Crippen molar-refractivity contribution in [2.75, 3.05) is 31.1 Å². The number of nitrogens with one attached hydrogen (secondary N) is 1. The molecule has 2 aromatic rings. The third-order valence-corrected chi connectivity index (χ3v) is 3.47. The smallest absolute Gasteiger partial charge is 0.258 e. The average Bonchev–Trinajstić information content (AvgIpc) is 2.47. The quantitative estimate of drug-likeness (QED) is 0.942. The lowest BCUT2D eigenvalue weighted by Gasteiger charge is -2.33. The number of benzene rings is 1. The zero-order valence-electron chi connectivity index (χ0n) is 12.4. The first-order valence-corrected chi connectivity index (χ1v) is 7.16. The van der Waals surface area contributed by atoms with E-state index in [1.54, 1.807) is 0 Å². The van der Waals surface area contributed by atoms with Crippen molar-refractivity contribution in [3.8, 4) is 5.88 Å². The van der Waals surface area contributed by atoms with Crippen LogP contribution in [0.3, 0.4) is 0 Å². The molecule has 1 unspecified atom stereocenters. The highest BCUT2D eigenvalue weighted by atomic mass is 35.5. The Labute approximate surface area is 131 Å². The lowest BCUT2D eigenvalue weighted by atomic mass is 10.2. The van der Waals surface area contributed by atoms with Gasteiger partial charge in [-0.1, -0.05) is 12.1 Å².